The third-order valence-electron chi connectivity index (χ3n) is 5.42. The summed E-state index contributed by atoms with van der Waals surface area (Å²) in [6.45, 7) is 0. The van der Waals surface area contributed by atoms with Crippen molar-refractivity contribution in [2.24, 2.45) is 0 Å². The van der Waals surface area contributed by atoms with Gasteiger partial charge in [0.15, 0.2) is 17.3 Å². The molecule has 176 valence electrons. The molecule has 4 rings (SSSR count). The van der Waals surface area contributed by atoms with Crippen molar-refractivity contribution in [2.75, 3.05) is 28.4 Å². The van der Waals surface area contributed by atoms with Crippen LogP contribution in [0, 0.1) is 0 Å². The monoisotopic (exact) mass is 500 g/mol. The number of aromatic hydroxyl groups is 1. The molecule has 0 unspecified atom stereocenters. The molecular formula is C27H25NaO6S. The number of carbonyl (C=O) groups excluding carboxylic acids is 1. The number of ether oxygens (including phenoxy) is 4. The first-order chi connectivity index (χ1) is 16.5. The van der Waals surface area contributed by atoms with E-state index in [0.717, 1.165) is 21.4 Å². The van der Waals surface area contributed by atoms with Crippen LogP contribution in [0.4, 0.5) is 0 Å². The van der Waals surface area contributed by atoms with E-state index in [9.17, 15) is 9.90 Å². The maximum absolute atomic E-state index is 12.9. The van der Waals surface area contributed by atoms with Crippen LogP contribution in [0.2, 0.25) is 0 Å². The predicted molar refractivity (Wildman–Crippen MR) is 136 cm³/mol. The van der Waals surface area contributed by atoms with Crippen LogP contribution in [0.3, 0.4) is 0 Å². The summed E-state index contributed by atoms with van der Waals surface area (Å²) in [6.07, 6.45) is 3.15. The molecule has 0 aliphatic heterocycles. The van der Waals surface area contributed by atoms with E-state index in [1.807, 2.05) is 24.3 Å². The smallest absolute Gasteiger partial charge is 1.00 e. The number of rotatable bonds is 8. The van der Waals surface area contributed by atoms with E-state index in [4.69, 9.17) is 18.9 Å². The standard InChI is InChI=1S/C27H24O6S.Na.H/c1-30-21-15-22(31-2)19(26-14-17-7-5-6-8-25(17)34-26)11-16(21)9-10-20(28)18-12-23(32-3)27(29)24(13-18)33-4;;/h5-15,29H,1-4H3;;/q;+1;-1/b10-9+;;. The molecule has 8 heteroatoms. The van der Waals surface area contributed by atoms with Crippen molar-refractivity contribution in [2.45, 2.75) is 0 Å². The van der Waals surface area contributed by atoms with Gasteiger partial charge in [0.1, 0.15) is 11.5 Å². The van der Waals surface area contributed by atoms with Gasteiger partial charge in [-0.3, -0.25) is 4.79 Å². The van der Waals surface area contributed by atoms with Crippen LogP contribution in [-0.2, 0) is 0 Å². The van der Waals surface area contributed by atoms with Gasteiger partial charge in [0.25, 0.3) is 0 Å². The maximum Gasteiger partial charge on any atom is 1.00 e. The van der Waals surface area contributed by atoms with Gasteiger partial charge in [-0.05, 0) is 47.9 Å². The molecular weight excluding hydrogens is 475 g/mol. The SMILES string of the molecule is COc1cc(OC)c(-c2cc3ccccc3s2)cc1/C=C/C(=O)c1cc(OC)c(O)c(OC)c1.[H-].[Na+]. The summed E-state index contributed by atoms with van der Waals surface area (Å²) in [5.74, 6) is 1.13. The van der Waals surface area contributed by atoms with E-state index in [2.05, 4.69) is 18.2 Å². The van der Waals surface area contributed by atoms with Crippen molar-refractivity contribution in [1.29, 1.82) is 0 Å². The molecule has 0 saturated heterocycles. The number of hydrogen-bond acceptors (Lipinski definition) is 7. The Morgan fingerprint density at radius 1 is 0.857 bits per heavy atom. The number of thiophene rings is 1. The number of allylic oxidation sites excluding steroid dienone is 1. The quantitative estimate of drug-likeness (QED) is 0.227. The zero-order valence-electron chi connectivity index (χ0n) is 21.2. The molecule has 35 heavy (non-hydrogen) atoms. The van der Waals surface area contributed by atoms with Gasteiger partial charge in [-0.1, -0.05) is 18.2 Å². The number of fused-ring (bicyclic) bond motifs is 1. The van der Waals surface area contributed by atoms with Crippen molar-refractivity contribution in [3.8, 4) is 39.2 Å². The molecule has 6 nitrogen and oxygen atoms in total. The molecule has 0 aliphatic rings. The number of hydrogen-bond donors (Lipinski definition) is 1. The minimum Gasteiger partial charge on any atom is -1.00 e. The maximum atomic E-state index is 12.9. The Bertz CT molecular complexity index is 1340. The van der Waals surface area contributed by atoms with Gasteiger partial charge in [0.05, 0.1) is 28.4 Å². The van der Waals surface area contributed by atoms with Gasteiger partial charge in [0, 0.05) is 32.3 Å². The fraction of sp³-hybridized carbons (Fsp3) is 0.148. The Kier molecular flexibility index (Phi) is 8.86. The topological polar surface area (TPSA) is 74.2 Å². The summed E-state index contributed by atoms with van der Waals surface area (Å²) in [5, 5.41) is 11.3. The molecule has 0 atom stereocenters. The van der Waals surface area contributed by atoms with E-state index in [-0.39, 0.29) is 54.0 Å². The van der Waals surface area contributed by atoms with Gasteiger partial charge in [0.2, 0.25) is 5.75 Å². The van der Waals surface area contributed by atoms with Crippen molar-refractivity contribution in [1.82, 2.24) is 0 Å². The van der Waals surface area contributed by atoms with Crippen molar-refractivity contribution < 1.29 is 59.8 Å². The summed E-state index contributed by atoms with van der Waals surface area (Å²) in [6, 6.07) is 17.0. The van der Waals surface area contributed by atoms with Gasteiger partial charge in [-0.15, -0.1) is 11.3 Å². The second kappa shape index (κ2) is 11.6. The summed E-state index contributed by atoms with van der Waals surface area (Å²) in [7, 11) is 6.02. The molecule has 0 fully saturated rings. The van der Waals surface area contributed by atoms with Crippen molar-refractivity contribution >= 4 is 33.3 Å². The van der Waals surface area contributed by atoms with Crippen LogP contribution in [-0.4, -0.2) is 39.3 Å². The van der Waals surface area contributed by atoms with Gasteiger partial charge in [-0.2, -0.15) is 0 Å². The first-order valence-electron chi connectivity index (χ1n) is 10.4. The molecule has 1 heterocycles. The second-order valence-corrected chi connectivity index (χ2v) is 8.45. The van der Waals surface area contributed by atoms with E-state index in [1.165, 1.54) is 37.1 Å². The van der Waals surface area contributed by atoms with Crippen molar-refractivity contribution in [3.63, 3.8) is 0 Å². The molecule has 4 aromatic rings. The molecule has 0 aliphatic carbocycles. The molecule has 3 aromatic carbocycles. The van der Waals surface area contributed by atoms with Crippen LogP contribution < -0.4 is 48.5 Å². The zero-order chi connectivity index (χ0) is 24.2. The van der Waals surface area contributed by atoms with Crippen LogP contribution >= 0.6 is 11.3 Å². The minimum absolute atomic E-state index is 0. The largest absolute Gasteiger partial charge is 1.00 e. The Labute approximate surface area is 231 Å². The summed E-state index contributed by atoms with van der Waals surface area (Å²) >= 11 is 1.67. The normalized spacial score (nSPS) is 10.7. The average molecular weight is 501 g/mol. The van der Waals surface area contributed by atoms with E-state index >= 15 is 0 Å². The summed E-state index contributed by atoms with van der Waals surface area (Å²) in [4.78, 5) is 14.0. The number of carbonyl (C=O) groups is 1. The fourth-order valence-corrected chi connectivity index (χ4v) is 4.74. The Morgan fingerprint density at radius 3 is 2.09 bits per heavy atom. The third kappa shape index (κ3) is 5.49. The Morgan fingerprint density at radius 2 is 1.49 bits per heavy atom. The molecule has 0 bridgehead atoms. The third-order valence-corrected chi connectivity index (χ3v) is 6.57. The van der Waals surface area contributed by atoms with Crippen LogP contribution in [0.1, 0.15) is 17.3 Å². The second-order valence-electron chi connectivity index (χ2n) is 7.37. The van der Waals surface area contributed by atoms with Gasteiger partial charge >= 0.3 is 29.6 Å². The summed E-state index contributed by atoms with van der Waals surface area (Å²) < 4.78 is 22.7. The van der Waals surface area contributed by atoms with E-state index in [0.29, 0.717) is 17.1 Å². The number of phenols is 1. The average Bonchev–Trinajstić information content (AvgIpc) is 3.31. The van der Waals surface area contributed by atoms with Crippen LogP contribution in [0.5, 0.6) is 28.7 Å². The molecule has 1 aromatic heterocycles. The van der Waals surface area contributed by atoms with Gasteiger partial charge < -0.3 is 25.5 Å². The van der Waals surface area contributed by atoms with E-state index in [1.54, 1.807) is 31.6 Å². The molecule has 0 saturated carbocycles. The number of benzene rings is 3. The Hall–Kier alpha value is -2.97. The summed E-state index contributed by atoms with van der Waals surface area (Å²) in [5.41, 5.74) is 1.95. The molecule has 0 radical (unpaired) electrons. The van der Waals surface area contributed by atoms with Gasteiger partial charge in [-0.25, -0.2) is 0 Å². The predicted octanol–water partition coefficient (Wildman–Crippen LogP) is 3.32. The molecule has 0 spiro atoms. The zero-order valence-corrected chi connectivity index (χ0v) is 23.1. The number of methoxy groups -OCH3 is 4. The number of ketones is 1. The number of phenolic OH excluding ortho intramolecular Hbond substituents is 1. The first kappa shape index (κ1) is 26.6. The van der Waals surface area contributed by atoms with Crippen LogP contribution in [0.15, 0.2) is 60.7 Å². The van der Waals surface area contributed by atoms with E-state index < -0.39 is 0 Å². The fourth-order valence-electron chi connectivity index (χ4n) is 3.66. The van der Waals surface area contributed by atoms with Crippen LogP contribution in [0.25, 0.3) is 26.6 Å². The molecule has 1 N–H and O–H groups in total. The Balaban J connectivity index is 0.00000228. The minimum atomic E-state index is -0.280. The molecule has 0 amide bonds. The van der Waals surface area contributed by atoms with Crippen molar-refractivity contribution in [3.05, 3.63) is 71.8 Å². The first-order valence-corrected chi connectivity index (χ1v) is 11.2.